The van der Waals surface area contributed by atoms with Gasteiger partial charge in [0, 0.05) is 6.54 Å². The topological polar surface area (TPSA) is 57.6 Å². The van der Waals surface area contributed by atoms with Gasteiger partial charge in [-0.25, -0.2) is 4.79 Å². The second-order valence-electron chi connectivity index (χ2n) is 5.41. The number of carboxylic acid groups (broad SMARTS) is 1. The maximum atomic E-state index is 12.2. The van der Waals surface area contributed by atoms with Crippen molar-refractivity contribution in [3.63, 3.8) is 0 Å². The van der Waals surface area contributed by atoms with Crippen molar-refractivity contribution in [1.29, 1.82) is 0 Å². The average molecular weight is 327 g/mol. The van der Waals surface area contributed by atoms with E-state index in [1.165, 1.54) is 5.56 Å². The molecule has 1 unspecified atom stereocenters. The monoisotopic (exact) mass is 327 g/mol. The van der Waals surface area contributed by atoms with Gasteiger partial charge in [0.2, 0.25) is 5.91 Å². The van der Waals surface area contributed by atoms with Crippen molar-refractivity contribution in [3.8, 4) is 0 Å². The zero-order valence-corrected chi connectivity index (χ0v) is 13.3. The highest BCUT2D eigenvalue weighted by Crippen LogP contribution is 2.38. The van der Waals surface area contributed by atoms with Gasteiger partial charge in [-0.05, 0) is 29.7 Å². The van der Waals surface area contributed by atoms with Gasteiger partial charge in [0.15, 0.2) is 0 Å². The van der Waals surface area contributed by atoms with Gasteiger partial charge in [-0.3, -0.25) is 4.79 Å². The number of hydrogen-bond donors (Lipinski definition) is 1. The quantitative estimate of drug-likeness (QED) is 0.916. The fourth-order valence-corrected chi connectivity index (χ4v) is 3.88. The van der Waals surface area contributed by atoms with Crippen molar-refractivity contribution in [2.45, 2.75) is 11.8 Å². The van der Waals surface area contributed by atoms with Crippen molar-refractivity contribution in [2.24, 2.45) is 0 Å². The Balaban J connectivity index is 1.72. The molecule has 3 rings (SSSR count). The first-order valence-electron chi connectivity index (χ1n) is 7.43. The van der Waals surface area contributed by atoms with Gasteiger partial charge in [0.05, 0.1) is 11.3 Å². The summed E-state index contributed by atoms with van der Waals surface area (Å²) in [6.07, 6.45) is 0.816. The summed E-state index contributed by atoms with van der Waals surface area (Å²) in [6, 6.07) is 16.9. The van der Waals surface area contributed by atoms with Crippen LogP contribution in [0.2, 0.25) is 0 Å². The molecule has 4 nitrogen and oxygen atoms in total. The summed E-state index contributed by atoms with van der Waals surface area (Å²) < 4.78 is 0. The molecule has 0 aliphatic carbocycles. The molecule has 1 N–H and O–H groups in total. The third-order valence-corrected chi connectivity index (χ3v) is 5.15. The summed E-state index contributed by atoms with van der Waals surface area (Å²) in [6.45, 7) is 0.668. The summed E-state index contributed by atoms with van der Waals surface area (Å²) >= 11 is 1.59. The third kappa shape index (κ3) is 3.56. The number of nitrogens with zero attached hydrogens (tertiary/aromatic N) is 1. The lowest BCUT2D eigenvalue weighted by atomic mass is 10.1. The SMILES string of the molecule is O=C(O)c1ccc(C2SCC(=O)N2CCc2ccccc2)cc1. The average Bonchev–Trinajstić information content (AvgIpc) is 2.95. The summed E-state index contributed by atoms with van der Waals surface area (Å²) in [5.74, 6) is -0.328. The lowest BCUT2D eigenvalue weighted by molar-refractivity contribution is -0.128. The Kier molecular flexibility index (Phi) is 4.67. The van der Waals surface area contributed by atoms with E-state index in [0.717, 1.165) is 12.0 Å². The van der Waals surface area contributed by atoms with Gasteiger partial charge in [0.25, 0.3) is 0 Å². The highest BCUT2D eigenvalue weighted by atomic mass is 32.2. The van der Waals surface area contributed by atoms with Crippen LogP contribution < -0.4 is 0 Å². The summed E-state index contributed by atoms with van der Waals surface area (Å²) in [4.78, 5) is 25.0. The lowest BCUT2D eigenvalue weighted by Gasteiger charge is -2.24. The highest BCUT2D eigenvalue weighted by Gasteiger charge is 2.32. The number of carbonyl (C=O) groups excluding carboxylic acids is 1. The van der Waals surface area contributed by atoms with E-state index in [1.54, 1.807) is 36.0 Å². The van der Waals surface area contributed by atoms with E-state index < -0.39 is 5.97 Å². The number of carbonyl (C=O) groups is 2. The van der Waals surface area contributed by atoms with E-state index in [4.69, 9.17) is 5.11 Å². The lowest BCUT2D eigenvalue weighted by Crippen LogP contribution is -2.30. The number of rotatable bonds is 5. The summed E-state index contributed by atoms with van der Waals surface area (Å²) in [7, 11) is 0. The number of carboxylic acids is 1. The molecule has 1 heterocycles. The summed E-state index contributed by atoms with van der Waals surface area (Å²) in [5, 5.41) is 8.94. The third-order valence-electron chi connectivity index (χ3n) is 3.90. The van der Waals surface area contributed by atoms with E-state index >= 15 is 0 Å². The fourth-order valence-electron chi connectivity index (χ4n) is 2.66. The van der Waals surface area contributed by atoms with Crippen LogP contribution in [-0.2, 0) is 11.2 Å². The van der Waals surface area contributed by atoms with Crippen LogP contribution in [-0.4, -0.2) is 34.2 Å². The Morgan fingerprint density at radius 1 is 1.13 bits per heavy atom. The van der Waals surface area contributed by atoms with E-state index in [9.17, 15) is 9.59 Å². The molecule has 5 heteroatoms. The number of amides is 1. The van der Waals surface area contributed by atoms with E-state index in [-0.39, 0.29) is 16.8 Å². The van der Waals surface area contributed by atoms with Crippen LogP contribution in [0.3, 0.4) is 0 Å². The Hall–Kier alpha value is -2.27. The smallest absolute Gasteiger partial charge is 0.335 e. The molecular weight excluding hydrogens is 310 g/mol. The van der Waals surface area contributed by atoms with Crippen LogP contribution in [0.15, 0.2) is 54.6 Å². The van der Waals surface area contributed by atoms with Crippen LogP contribution in [0, 0.1) is 0 Å². The molecule has 0 bridgehead atoms. The van der Waals surface area contributed by atoms with Crippen molar-refractivity contribution >= 4 is 23.6 Å². The molecule has 1 atom stereocenters. The standard InChI is InChI=1S/C18H17NO3S/c20-16-12-23-17(14-6-8-15(9-7-14)18(21)22)19(16)11-10-13-4-2-1-3-5-13/h1-9,17H,10-12H2,(H,21,22). The Morgan fingerprint density at radius 3 is 2.48 bits per heavy atom. The molecule has 1 saturated heterocycles. The van der Waals surface area contributed by atoms with Gasteiger partial charge >= 0.3 is 5.97 Å². The molecular formula is C18H17NO3S. The van der Waals surface area contributed by atoms with Gasteiger partial charge in [-0.1, -0.05) is 42.5 Å². The zero-order valence-electron chi connectivity index (χ0n) is 12.5. The Labute approximate surface area is 139 Å². The van der Waals surface area contributed by atoms with Crippen molar-refractivity contribution in [3.05, 3.63) is 71.3 Å². The first-order valence-corrected chi connectivity index (χ1v) is 8.48. The number of benzene rings is 2. The molecule has 1 fully saturated rings. The normalized spacial score (nSPS) is 17.5. The van der Waals surface area contributed by atoms with Crippen LogP contribution in [0.25, 0.3) is 0 Å². The zero-order chi connectivity index (χ0) is 16.2. The minimum atomic E-state index is -0.937. The second kappa shape index (κ2) is 6.87. The number of aromatic carboxylic acids is 1. The Bertz CT molecular complexity index is 700. The molecule has 23 heavy (non-hydrogen) atoms. The fraction of sp³-hybridized carbons (Fsp3) is 0.222. The molecule has 0 saturated carbocycles. The van der Waals surface area contributed by atoms with Crippen LogP contribution in [0.1, 0.15) is 26.9 Å². The van der Waals surface area contributed by atoms with Crippen LogP contribution in [0.5, 0.6) is 0 Å². The first-order chi connectivity index (χ1) is 11.1. The van der Waals surface area contributed by atoms with Gasteiger partial charge < -0.3 is 10.0 Å². The molecule has 1 aliphatic heterocycles. The predicted molar refractivity (Wildman–Crippen MR) is 90.5 cm³/mol. The van der Waals surface area contributed by atoms with Crippen molar-refractivity contribution in [2.75, 3.05) is 12.3 Å². The largest absolute Gasteiger partial charge is 0.478 e. The van der Waals surface area contributed by atoms with Gasteiger partial charge in [0.1, 0.15) is 5.37 Å². The summed E-state index contributed by atoms with van der Waals surface area (Å²) in [5.41, 5.74) is 2.44. The molecule has 0 aromatic heterocycles. The minimum Gasteiger partial charge on any atom is -0.478 e. The molecule has 2 aromatic rings. The molecule has 1 amide bonds. The van der Waals surface area contributed by atoms with Crippen molar-refractivity contribution < 1.29 is 14.7 Å². The van der Waals surface area contributed by atoms with Crippen molar-refractivity contribution in [1.82, 2.24) is 4.90 Å². The van der Waals surface area contributed by atoms with E-state index in [2.05, 4.69) is 12.1 Å². The van der Waals surface area contributed by atoms with Gasteiger partial charge in [-0.15, -0.1) is 11.8 Å². The first kappa shape index (κ1) is 15.6. The maximum Gasteiger partial charge on any atom is 0.335 e. The second-order valence-corrected chi connectivity index (χ2v) is 6.48. The molecule has 0 spiro atoms. The van der Waals surface area contributed by atoms with E-state index in [1.807, 2.05) is 23.1 Å². The van der Waals surface area contributed by atoms with Gasteiger partial charge in [-0.2, -0.15) is 0 Å². The molecule has 118 valence electrons. The van der Waals surface area contributed by atoms with Crippen LogP contribution in [0.4, 0.5) is 0 Å². The molecule has 1 aliphatic rings. The van der Waals surface area contributed by atoms with E-state index in [0.29, 0.717) is 12.3 Å². The van der Waals surface area contributed by atoms with Crippen LogP contribution >= 0.6 is 11.8 Å². The number of thioether (sulfide) groups is 1. The highest BCUT2D eigenvalue weighted by molar-refractivity contribution is 8.00. The maximum absolute atomic E-state index is 12.2. The molecule has 0 radical (unpaired) electrons. The predicted octanol–water partition coefficient (Wildman–Crippen LogP) is 3.20. The Morgan fingerprint density at radius 2 is 1.83 bits per heavy atom. The minimum absolute atomic E-state index is 0.0333. The molecule has 2 aromatic carbocycles. The number of hydrogen-bond acceptors (Lipinski definition) is 3.